The molecule has 3 fully saturated rings. The number of carbonyl (C=O) groups is 2. The van der Waals surface area contributed by atoms with Gasteiger partial charge in [0.2, 0.25) is 0 Å². The summed E-state index contributed by atoms with van der Waals surface area (Å²) in [5.41, 5.74) is 2.28. The van der Waals surface area contributed by atoms with E-state index in [1.54, 1.807) is 0 Å². The molecule has 2 aliphatic heterocycles. The molecule has 3 heterocycles. The largest absolute Gasteiger partial charge is 0.434 e. The Labute approximate surface area is 189 Å². The highest BCUT2D eigenvalue weighted by Crippen LogP contribution is 2.45. The number of benzene rings is 1. The first-order valence-electron chi connectivity index (χ1n) is 12.8. The van der Waals surface area contributed by atoms with Gasteiger partial charge in [0.1, 0.15) is 5.69 Å². The average molecular weight is 435 g/mol. The SMILES string of the molecule is O=C1OC2(CCCCC2)n2c1cc1cc(CC(=O)[C@H]3NCC[C@H]3C3CCCCC3)ccc12. The normalized spacial score (nSPS) is 27.7. The number of carbonyl (C=O) groups excluding carboxylic acids is 2. The number of rotatable bonds is 4. The standard InChI is InChI=1S/C27H34N2O3/c30-24(25-21(11-14-28-25)19-7-3-1-4-8-19)16-18-9-10-22-20(15-18)17-23-26(31)32-27(29(22)23)12-5-2-6-13-27/h9-10,15,17,19,21,25,28H,1-8,11-14,16H2/t21-,25-/m0/s1. The molecule has 5 nitrogen and oxygen atoms in total. The molecule has 1 aromatic carbocycles. The van der Waals surface area contributed by atoms with Gasteiger partial charge in [0.05, 0.1) is 11.6 Å². The van der Waals surface area contributed by atoms with Crippen molar-refractivity contribution >= 4 is 22.7 Å². The average Bonchev–Trinajstić information content (AvgIpc) is 3.51. The van der Waals surface area contributed by atoms with Crippen molar-refractivity contribution < 1.29 is 14.3 Å². The molecule has 0 radical (unpaired) electrons. The third-order valence-electron chi connectivity index (χ3n) is 8.65. The summed E-state index contributed by atoms with van der Waals surface area (Å²) in [6.45, 7) is 0.965. The van der Waals surface area contributed by atoms with Gasteiger partial charge in [-0.2, -0.15) is 0 Å². The van der Waals surface area contributed by atoms with E-state index in [-0.39, 0.29) is 12.0 Å². The Kier molecular flexibility index (Phi) is 5.13. The van der Waals surface area contributed by atoms with Crippen LogP contribution in [0.1, 0.15) is 86.7 Å². The molecule has 170 valence electrons. The number of hydrogen-bond acceptors (Lipinski definition) is 4. The van der Waals surface area contributed by atoms with E-state index in [1.165, 1.54) is 38.5 Å². The second-order valence-corrected chi connectivity index (χ2v) is 10.6. The molecular weight excluding hydrogens is 400 g/mol. The Hall–Kier alpha value is -2.14. The summed E-state index contributed by atoms with van der Waals surface area (Å²) in [7, 11) is 0. The molecule has 2 saturated carbocycles. The van der Waals surface area contributed by atoms with E-state index in [0.29, 0.717) is 29.7 Å². The monoisotopic (exact) mass is 434 g/mol. The van der Waals surface area contributed by atoms with Gasteiger partial charge in [0, 0.05) is 24.6 Å². The van der Waals surface area contributed by atoms with Gasteiger partial charge in [-0.15, -0.1) is 0 Å². The maximum absolute atomic E-state index is 13.3. The number of nitrogens with one attached hydrogen (secondary N) is 1. The van der Waals surface area contributed by atoms with Crippen LogP contribution in [0.25, 0.3) is 10.9 Å². The van der Waals surface area contributed by atoms with Crippen molar-refractivity contribution in [3.63, 3.8) is 0 Å². The lowest BCUT2D eigenvalue weighted by atomic mass is 9.75. The molecule has 4 aliphatic rings. The van der Waals surface area contributed by atoms with Gasteiger partial charge < -0.3 is 10.1 Å². The Morgan fingerprint density at radius 1 is 1.03 bits per heavy atom. The quantitative estimate of drug-likeness (QED) is 0.680. The van der Waals surface area contributed by atoms with Gasteiger partial charge in [0.15, 0.2) is 11.5 Å². The fraction of sp³-hybridized carbons (Fsp3) is 0.630. The first-order chi connectivity index (χ1) is 15.6. The van der Waals surface area contributed by atoms with E-state index < -0.39 is 5.72 Å². The first kappa shape index (κ1) is 20.5. The van der Waals surface area contributed by atoms with Crippen molar-refractivity contribution in [2.45, 2.75) is 88.8 Å². The molecular formula is C27H34N2O3. The summed E-state index contributed by atoms with van der Waals surface area (Å²) in [4.78, 5) is 25.9. The minimum Gasteiger partial charge on any atom is -0.434 e. The molecule has 1 N–H and O–H groups in total. The van der Waals surface area contributed by atoms with Crippen molar-refractivity contribution in [3.8, 4) is 0 Å². The fourth-order valence-electron chi connectivity index (χ4n) is 7.12. The number of nitrogens with zero attached hydrogens (tertiary/aromatic N) is 1. The molecule has 1 saturated heterocycles. The zero-order valence-corrected chi connectivity index (χ0v) is 18.9. The summed E-state index contributed by atoms with van der Waals surface area (Å²) in [6, 6.07) is 8.27. The van der Waals surface area contributed by atoms with Gasteiger partial charge in [-0.05, 0) is 61.4 Å². The van der Waals surface area contributed by atoms with Crippen molar-refractivity contribution in [3.05, 3.63) is 35.5 Å². The highest BCUT2D eigenvalue weighted by molar-refractivity contribution is 5.98. The summed E-state index contributed by atoms with van der Waals surface area (Å²) >= 11 is 0. The number of ketones is 1. The van der Waals surface area contributed by atoms with Crippen LogP contribution in [-0.4, -0.2) is 28.9 Å². The van der Waals surface area contributed by atoms with Gasteiger partial charge in [-0.3, -0.25) is 9.36 Å². The Balaban J connectivity index is 1.24. The predicted molar refractivity (Wildman–Crippen MR) is 124 cm³/mol. The van der Waals surface area contributed by atoms with E-state index in [1.807, 2.05) is 6.07 Å². The number of hydrogen-bond donors (Lipinski definition) is 1. The third-order valence-corrected chi connectivity index (χ3v) is 8.65. The van der Waals surface area contributed by atoms with Crippen LogP contribution < -0.4 is 5.32 Å². The van der Waals surface area contributed by atoms with Gasteiger partial charge in [0.25, 0.3) is 0 Å². The van der Waals surface area contributed by atoms with Gasteiger partial charge >= 0.3 is 5.97 Å². The Bertz CT molecular complexity index is 1040. The van der Waals surface area contributed by atoms with E-state index >= 15 is 0 Å². The van der Waals surface area contributed by atoms with Crippen LogP contribution in [0.2, 0.25) is 0 Å². The van der Waals surface area contributed by atoms with Crippen LogP contribution >= 0.6 is 0 Å². The van der Waals surface area contributed by atoms with E-state index in [4.69, 9.17) is 4.74 Å². The molecule has 2 atom stereocenters. The molecule has 1 spiro atoms. The summed E-state index contributed by atoms with van der Waals surface area (Å²) in [5.74, 6) is 1.34. The zero-order valence-electron chi connectivity index (χ0n) is 18.9. The second kappa shape index (κ2) is 8.02. The summed E-state index contributed by atoms with van der Waals surface area (Å²) in [6.07, 6.45) is 13.4. The van der Waals surface area contributed by atoms with Crippen LogP contribution in [0.15, 0.2) is 24.3 Å². The Morgan fingerprint density at radius 3 is 2.62 bits per heavy atom. The molecule has 32 heavy (non-hydrogen) atoms. The molecule has 1 aromatic heterocycles. The minimum absolute atomic E-state index is 0.00771. The number of esters is 1. The molecule has 5 heteroatoms. The van der Waals surface area contributed by atoms with Crippen LogP contribution in [0, 0.1) is 11.8 Å². The summed E-state index contributed by atoms with van der Waals surface area (Å²) in [5, 5.41) is 4.57. The van der Waals surface area contributed by atoms with Crippen molar-refractivity contribution in [2.75, 3.05) is 6.54 Å². The topological polar surface area (TPSA) is 60.3 Å². The number of Topliss-reactive ketones (excluding diaryl/α,β-unsaturated/α-hetero) is 1. The Morgan fingerprint density at radius 2 is 1.81 bits per heavy atom. The van der Waals surface area contributed by atoms with E-state index in [2.05, 4.69) is 28.1 Å². The van der Waals surface area contributed by atoms with Crippen LogP contribution in [-0.2, 0) is 21.7 Å². The van der Waals surface area contributed by atoms with Crippen molar-refractivity contribution in [2.24, 2.45) is 11.8 Å². The molecule has 2 aliphatic carbocycles. The fourth-order valence-corrected chi connectivity index (χ4v) is 7.12. The third kappa shape index (κ3) is 3.32. The second-order valence-electron chi connectivity index (χ2n) is 10.6. The molecule has 0 unspecified atom stereocenters. The summed E-state index contributed by atoms with van der Waals surface area (Å²) < 4.78 is 8.05. The van der Waals surface area contributed by atoms with E-state index in [9.17, 15) is 9.59 Å². The van der Waals surface area contributed by atoms with Gasteiger partial charge in [-0.25, -0.2) is 4.79 Å². The lowest BCUT2D eigenvalue weighted by Gasteiger charge is -2.34. The molecule has 2 aromatic rings. The van der Waals surface area contributed by atoms with Crippen LogP contribution in [0.3, 0.4) is 0 Å². The zero-order chi connectivity index (χ0) is 21.7. The van der Waals surface area contributed by atoms with Crippen LogP contribution in [0.4, 0.5) is 0 Å². The minimum atomic E-state index is -0.495. The number of ether oxygens (including phenoxy) is 1. The first-order valence-corrected chi connectivity index (χ1v) is 12.8. The van der Waals surface area contributed by atoms with Crippen LogP contribution in [0.5, 0.6) is 0 Å². The predicted octanol–water partition coefficient (Wildman–Crippen LogP) is 5.10. The smallest absolute Gasteiger partial charge is 0.357 e. The molecule has 0 bridgehead atoms. The van der Waals surface area contributed by atoms with Gasteiger partial charge in [-0.1, -0.05) is 44.6 Å². The number of aromatic nitrogens is 1. The lowest BCUT2D eigenvalue weighted by molar-refractivity contribution is -0.121. The van der Waals surface area contributed by atoms with Crippen molar-refractivity contribution in [1.29, 1.82) is 0 Å². The highest BCUT2D eigenvalue weighted by atomic mass is 16.6. The maximum atomic E-state index is 13.3. The highest BCUT2D eigenvalue weighted by Gasteiger charge is 2.46. The molecule has 6 rings (SSSR count). The van der Waals surface area contributed by atoms with E-state index in [0.717, 1.165) is 55.1 Å². The van der Waals surface area contributed by atoms with Crippen molar-refractivity contribution in [1.82, 2.24) is 9.88 Å². The molecule has 0 amide bonds. The lowest BCUT2D eigenvalue weighted by Crippen LogP contribution is -2.40. The number of fused-ring (bicyclic) bond motifs is 4. The maximum Gasteiger partial charge on any atom is 0.357 e.